The zero-order valence-electron chi connectivity index (χ0n) is 10.7. The van der Waals surface area contributed by atoms with E-state index in [0.29, 0.717) is 5.92 Å². The van der Waals surface area contributed by atoms with Crippen LogP contribution < -0.4 is 5.73 Å². The van der Waals surface area contributed by atoms with Crippen molar-refractivity contribution in [2.24, 2.45) is 11.7 Å². The molecule has 0 saturated carbocycles. The summed E-state index contributed by atoms with van der Waals surface area (Å²) in [6.45, 7) is 8.08. The Morgan fingerprint density at radius 2 is 2.19 bits per heavy atom. The summed E-state index contributed by atoms with van der Waals surface area (Å²) in [5.74, 6) is 0.607. The molecule has 0 spiro atoms. The number of nitrogens with zero attached hydrogens (tertiary/aromatic N) is 1. The number of amides is 1. The Morgan fingerprint density at radius 1 is 1.50 bits per heavy atom. The Balaban J connectivity index is 2.32. The van der Waals surface area contributed by atoms with Gasteiger partial charge in [-0.1, -0.05) is 0 Å². The van der Waals surface area contributed by atoms with Crippen molar-refractivity contribution in [3.63, 3.8) is 0 Å². The predicted octanol–water partition coefficient (Wildman–Crippen LogP) is 1.98. The van der Waals surface area contributed by atoms with Crippen molar-refractivity contribution >= 4 is 6.09 Å². The number of hydrogen-bond acceptors (Lipinski definition) is 3. The summed E-state index contributed by atoms with van der Waals surface area (Å²) < 4.78 is 5.34. The van der Waals surface area contributed by atoms with Crippen LogP contribution in [0.1, 0.15) is 40.0 Å². The van der Waals surface area contributed by atoms with Crippen LogP contribution in [-0.4, -0.2) is 36.2 Å². The lowest BCUT2D eigenvalue weighted by molar-refractivity contribution is 0.0287. The van der Waals surface area contributed by atoms with Crippen LogP contribution in [0.4, 0.5) is 4.79 Å². The summed E-state index contributed by atoms with van der Waals surface area (Å²) in [5, 5.41) is 0. The smallest absolute Gasteiger partial charge is 0.410 e. The van der Waals surface area contributed by atoms with Crippen LogP contribution in [0.2, 0.25) is 0 Å². The molecule has 1 aliphatic rings. The molecular formula is C12H24N2O2. The van der Waals surface area contributed by atoms with Crippen molar-refractivity contribution in [1.29, 1.82) is 0 Å². The molecule has 0 aromatic heterocycles. The fourth-order valence-electron chi connectivity index (χ4n) is 1.97. The second kappa shape index (κ2) is 5.53. The molecule has 1 aliphatic heterocycles. The average molecular weight is 228 g/mol. The largest absolute Gasteiger partial charge is 0.444 e. The Hall–Kier alpha value is -0.770. The third-order valence-electron chi connectivity index (χ3n) is 2.75. The van der Waals surface area contributed by atoms with Crippen LogP contribution in [0, 0.1) is 5.92 Å². The molecule has 16 heavy (non-hydrogen) atoms. The van der Waals surface area contributed by atoms with Gasteiger partial charge in [-0.2, -0.15) is 0 Å². The van der Waals surface area contributed by atoms with E-state index in [1.165, 1.54) is 0 Å². The summed E-state index contributed by atoms with van der Waals surface area (Å²) in [4.78, 5) is 13.6. The second-order valence-corrected chi connectivity index (χ2v) is 5.51. The van der Waals surface area contributed by atoms with Crippen molar-refractivity contribution in [3.05, 3.63) is 0 Å². The second-order valence-electron chi connectivity index (χ2n) is 5.51. The molecule has 0 bridgehead atoms. The molecule has 1 amide bonds. The molecule has 4 nitrogen and oxygen atoms in total. The fraction of sp³-hybridized carbons (Fsp3) is 0.917. The Labute approximate surface area is 98.1 Å². The maximum Gasteiger partial charge on any atom is 0.410 e. The molecule has 0 aromatic rings. The molecule has 0 aromatic carbocycles. The van der Waals surface area contributed by atoms with Crippen molar-refractivity contribution in [2.75, 3.05) is 19.6 Å². The van der Waals surface area contributed by atoms with Gasteiger partial charge in [0.1, 0.15) is 5.60 Å². The van der Waals surface area contributed by atoms with E-state index in [0.717, 1.165) is 38.9 Å². The lowest BCUT2D eigenvalue weighted by Crippen LogP contribution is -2.35. The normalized spacial score (nSPS) is 21.2. The fourth-order valence-corrected chi connectivity index (χ4v) is 1.97. The molecule has 4 heteroatoms. The van der Waals surface area contributed by atoms with Crippen LogP contribution >= 0.6 is 0 Å². The van der Waals surface area contributed by atoms with Gasteiger partial charge in [0.25, 0.3) is 0 Å². The molecule has 0 aliphatic carbocycles. The molecule has 1 rings (SSSR count). The first-order valence-corrected chi connectivity index (χ1v) is 6.10. The Morgan fingerprint density at radius 3 is 2.75 bits per heavy atom. The third-order valence-corrected chi connectivity index (χ3v) is 2.75. The van der Waals surface area contributed by atoms with Crippen molar-refractivity contribution in [3.8, 4) is 0 Å². The predicted molar refractivity (Wildman–Crippen MR) is 64.2 cm³/mol. The van der Waals surface area contributed by atoms with E-state index < -0.39 is 5.60 Å². The van der Waals surface area contributed by atoms with E-state index in [2.05, 4.69) is 0 Å². The number of rotatable bonds is 3. The van der Waals surface area contributed by atoms with Crippen LogP contribution in [-0.2, 0) is 4.74 Å². The van der Waals surface area contributed by atoms with Crippen LogP contribution in [0.3, 0.4) is 0 Å². The van der Waals surface area contributed by atoms with E-state index >= 15 is 0 Å². The van der Waals surface area contributed by atoms with Gasteiger partial charge >= 0.3 is 6.09 Å². The summed E-state index contributed by atoms with van der Waals surface area (Å²) in [6.07, 6.45) is 3.07. The molecule has 94 valence electrons. The van der Waals surface area contributed by atoms with Gasteiger partial charge in [-0.15, -0.1) is 0 Å². The first kappa shape index (κ1) is 13.3. The monoisotopic (exact) mass is 228 g/mol. The van der Waals surface area contributed by atoms with Gasteiger partial charge < -0.3 is 15.4 Å². The topological polar surface area (TPSA) is 55.6 Å². The molecule has 0 unspecified atom stereocenters. The minimum atomic E-state index is -0.396. The summed E-state index contributed by atoms with van der Waals surface area (Å²) in [7, 11) is 0. The highest BCUT2D eigenvalue weighted by Crippen LogP contribution is 2.22. The van der Waals surface area contributed by atoms with Crippen molar-refractivity contribution in [2.45, 2.75) is 45.6 Å². The molecule has 1 saturated heterocycles. The average Bonchev–Trinajstić information content (AvgIpc) is 2.60. The minimum Gasteiger partial charge on any atom is -0.444 e. The van der Waals surface area contributed by atoms with Crippen LogP contribution in [0.15, 0.2) is 0 Å². The van der Waals surface area contributed by atoms with Gasteiger partial charge in [-0.3, -0.25) is 0 Å². The molecule has 1 atom stereocenters. The zero-order chi connectivity index (χ0) is 12.2. The lowest BCUT2D eigenvalue weighted by Gasteiger charge is -2.24. The summed E-state index contributed by atoms with van der Waals surface area (Å²) >= 11 is 0. The first-order valence-electron chi connectivity index (χ1n) is 6.10. The highest BCUT2D eigenvalue weighted by Gasteiger charge is 2.29. The minimum absolute atomic E-state index is 0.178. The van der Waals surface area contributed by atoms with E-state index in [9.17, 15) is 4.79 Å². The summed E-state index contributed by atoms with van der Waals surface area (Å²) in [5.41, 5.74) is 5.08. The van der Waals surface area contributed by atoms with Crippen LogP contribution in [0.5, 0.6) is 0 Å². The van der Waals surface area contributed by atoms with Gasteiger partial charge in [-0.05, 0) is 52.5 Å². The van der Waals surface area contributed by atoms with E-state index in [1.54, 1.807) is 0 Å². The molecule has 1 heterocycles. The van der Waals surface area contributed by atoms with Gasteiger partial charge in [0.15, 0.2) is 0 Å². The van der Waals surface area contributed by atoms with Crippen molar-refractivity contribution < 1.29 is 9.53 Å². The third kappa shape index (κ3) is 4.39. The maximum atomic E-state index is 11.8. The summed E-state index contributed by atoms with van der Waals surface area (Å²) in [6, 6.07) is 0. The van der Waals surface area contributed by atoms with Gasteiger partial charge in [0, 0.05) is 13.1 Å². The molecule has 1 fully saturated rings. The highest BCUT2D eigenvalue weighted by molar-refractivity contribution is 5.68. The van der Waals surface area contributed by atoms with Crippen LogP contribution in [0.25, 0.3) is 0 Å². The number of hydrogen-bond donors (Lipinski definition) is 1. The quantitative estimate of drug-likeness (QED) is 0.803. The van der Waals surface area contributed by atoms with Gasteiger partial charge in [-0.25, -0.2) is 4.79 Å². The van der Waals surface area contributed by atoms with E-state index in [4.69, 9.17) is 10.5 Å². The van der Waals surface area contributed by atoms with Gasteiger partial charge in [0.05, 0.1) is 0 Å². The maximum absolute atomic E-state index is 11.8. The van der Waals surface area contributed by atoms with E-state index in [1.807, 2.05) is 25.7 Å². The Kier molecular flexibility index (Phi) is 4.59. The first-order chi connectivity index (χ1) is 7.42. The van der Waals surface area contributed by atoms with Gasteiger partial charge in [0.2, 0.25) is 0 Å². The number of carbonyl (C=O) groups excluding carboxylic acids is 1. The number of carbonyl (C=O) groups is 1. The number of ether oxygens (including phenoxy) is 1. The van der Waals surface area contributed by atoms with E-state index in [-0.39, 0.29) is 6.09 Å². The standard InChI is InChI=1S/C12H24N2O2/c1-12(2,3)16-11(15)14-8-6-10(9-14)5-4-7-13/h10H,4-9,13H2,1-3H3/t10-/m0/s1. The van der Waals surface area contributed by atoms with Crippen molar-refractivity contribution in [1.82, 2.24) is 4.90 Å². The molecule has 0 radical (unpaired) electrons. The SMILES string of the molecule is CC(C)(C)OC(=O)N1CC[C@H](CCCN)C1. The zero-order valence-corrected chi connectivity index (χ0v) is 10.7. The lowest BCUT2D eigenvalue weighted by atomic mass is 10.0. The number of likely N-dealkylation sites (tertiary alicyclic amines) is 1. The molecule has 2 N–H and O–H groups in total. The Bertz CT molecular complexity index is 236. The highest BCUT2D eigenvalue weighted by atomic mass is 16.6. The number of nitrogens with two attached hydrogens (primary N) is 1. The molecular weight excluding hydrogens is 204 g/mol.